The Morgan fingerprint density at radius 2 is 1.78 bits per heavy atom. The molecule has 170 valence electrons. The molecule has 2 aromatic carbocycles. The Bertz CT molecular complexity index is 961. The summed E-state index contributed by atoms with van der Waals surface area (Å²) >= 11 is 0. The van der Waals surface area contributed by atoms with E-state index in [-0.39, 0.29) is 0 Å². The summed E-state index contributed by atoms with van der Waals surface area (Å²) in [5.74, 6) is 2.36. The minimum Gasteiger partial charge on any atom is -0.493 e. The number of rotatable bonds is 8. The van der Waals surface area contributed by atoms with Crippen molar-refractivity contribution in [3.63, 3.8) is 0 Å². The van der Waals surface area contributed by atoms with Gasteiger partial charge in [-0.05, 0) is 74.0 Å². The van der Waals surface area contributed by atoms with E-state index in [0.29, 0.717) is 23.2 Å². The fourth-order valence-electron chi connectivity index (χ4n) is 4.69. The molecule has 2 aliphatic heterocycles. The van der Waals surface area contributed by atoms with E-state index in [0.717, 1.165) is 56.5 Å². The number of aliphatic hydroxyl groups excluding tert-OH is 1. The molecule has 1 unspecified atom stereocenters. The Labute approximate surface area is 190 Å². The van der Waals surface area contributed by atoms with Crippen molar-refractivity contribution >= 4 is 5.57 Å². The van der Waals surface area contributed by atoms with Crippen LogP contribution in [0.25, 0.3) is 5.57 Å². The average molecular weight is 436 g/mol. The van der Waals surface area contributed by atoms with Gasteiger partial charge in [-0.2, -0.15) is 0 Å². The number of fused-ring (bicyclic) bond motifs is 1. The maximum Gasteiger partial charge on any atom is 0.164 e. The molecule has 5 nitrogen and oxygen atoms in total. The normalized spacial score (nSPS) is 19.0. The van der Waals surface area contributed by atoms with Gasteiger partial charge in [0.1, 0.15) is 11.9 Å². The molecule has 0 saturated carbocycles. The van der Waals surface area contributed by atoms with E-state index in [9.17, 15) is 5.11 Å². The zero-order valence-corrected chi connectivity index (χ0v) is 19.0. The van der Waals surface area contributed by atoms with E-state index in [2.05, 4.69) is 41.8 Å². The Morgan fingerprint density at radius 3 is 2.47 bits per heavy atom. The van der Waals surface area contributed by atoms with Gasteiger partial charge in [-0.3, -0.25) is 0 Å². The van der Waals surface area contributed by atoms with Crippen LogP contribution in [0.15, 0.2) is 60.9 Å². The molecule has 1 N–H and O–H groups in total. The Kier molecular flexibility index (Phi) is 7.18. The second-order valence-electron chi connectivity index (χ2n) is 8.57. The van der Waals surface area contributed by atoms with Crippen molar-refractivity contribution in [1.82, 2.24) is 4.90 Å². The highest BCUT2D eigenvalue weighted by Gasteiger charge is 2.26. The van der Waals surface area contributed by atoms with Crippen molar-refractivity contribution in [2.75, 3.05) is 33.9 Å². The first-order valence-electron chi connectivity index (χ1n) is 11.4. The van der Waals surface area contributed by atoms with Crippen LogP contribution in [0.4, 0.5) is 0 Å². The number of likely N-dealkylation sites (tertiary alicyclic amines) is 1. The van der Waals surface area contributed by atoms with Gasteiger partial charge < -0.3 is 24.2 Å². The van der Waals surface area contributed by atoms with Crippen LogP contribution in [0, 0.1) is 5.92 Å². The summed E-state index contributed by atoms with van der Waals surface area (Å²) in [6.07, 6.45) is 5.09. The number of hydrogen-bond acceptors (Lipinski definition) is 5. The van der Waals surface area contributed by atoms with Gasteiger partial charge in [0, 0.05) is 11.6 Å². The van der Waals surface area contributed by atoms with Crippen LogP contribution in [0.2, 0.25) is 0 Å². The van der Waals surface area contributed by atoms with Gasteiger partial charge in [0.2, 0.25) is 0 Å². The Morgan fingerprint density at radius 1 is 1.09 bits per heavy atom. The van der Waals surface area contributed by atoms with Crippen LogP contribution in [-0.4, -0.2) is 43.9 Å². The minimum atomic E-state index is -0.682. The smallest absolute Gasteiger partial charge is 0.164 e. The number of aliphatic hydroxyl groups is 1. The number of methoxy groups -OCH3 is 2. The highest BCUT2D eigenvalue weighted by atomic mass is 16.5. The molecule has 32 heavy (non-hydrogen) atoms. The van der Waals surface area contributed by atoms with Crippen LogP contribution >= 0.6 is 0 Å². The summed E-state index contributed by atoms with van der Waals surface area (Å²) in [6, 6.07) is 14.1. The molecule has 2 heterocycles. The second kappa shape index (κ2) is 10.2. The number of allylic oxidation sites excluding steroid dienone is 1. The lowest BCUT2D eigenvalue weighted by Gasteiger charge is -2.33. The molecule has 4 rings (SSSR count). The number of hydrogen-bond donors (Lipinski definition) is 1. The molecule has 2 aliphatic rings. The Balaban J connectivity index is 1.26. The first-order chi connectivity index (χ1) is 15.6. The fourth-order valence-corrected chi connectivity index (χ4v) is 4.69. The third-order valence-electron chi connectivity index (χ3n) is 6.66. The van der Waals surface area contributed by atoms with Crippen LogP contribution < -0.4 is 14.2 Å². The summed E-state index contributed by atoms with van der Waals surface area (Å²) in [5, 5.41) is 10.9. The largest absolute Gasteiger partial charge is 0.493 e. The highest BCUT2D eigenvalue weighted by molar-refractivity contribution is 5.65. The molecule has 0 aliphatic carbocycles. The second-order valence-corrected chi connectivity index (χ2v) is 8.57. The summed E-state index contributed by atoms with van der Waals surface area (Å²) in [5.41, 5.74) is 4.15. The minimum absolute atomic E-state index is 0.563. The van der Waals surface area contributed by atoms with Gasteiger partial charge >= 0.3 is 0 Å². The molecular formula is C27H33NO4. The molecular weight excluding hydrogens is 402 g/mol. The topological polar surface area (TPSA) is 51.2 Å². The lowest BCUT2D eigenvalue weighted by Crippen LogP contribution is -2.34. The molecule has 0 amide bonds. The quantitative estimate of drug-likeness (QED) is 0.616. The van der Waals surface area contributed by atoms with Gasteiger partial charge in [-0.15, -0.1) is 0 Å². The molecule has 0 radical (unpaired) electrons. The van der Waals surface area contributed by atoms with Crippen molar-refractivity contribution in [2.24, 2.45) is 5.92 Å². The van der Waals surface area contributed by atoms with Crippen LogP contribution in [0.5, 0.6) is 17.2 Å². The monoisotopic (exact) mass is 435 g/mol. The van der Waals surface area contributed by atoms with Crippen molar-refractivity contribution in [1.29, 1.82) is 0 Å². The SMILES string of the molecule is C=C(c1ccccc1)C1CCN(CCCC2=COc3cc(OC)c(OC)cc3C2O)CC1. The number of benzene rings is 2. The molecule has 1 fully saturated rings. The van der Waals surface area contributed by atoms with Crippen molar-refractivity contribution in [2.45, 2.75) is 31.8 Å². The third-order valence-corrected chi connectivity index (χ3v) is 6.66. The lowest BCUT2D eigenvalue weighted by atomic mass is 9.86. The molecule has 5 heteroatoms. The van der Waals surface area contributed by atoms with E-state index in [1.54, 1.807) is 32.6 Å². The maximum absolute atomic E-state index is 10.9. The van der Waals surface area contributed by atoms with Crippen molar-refractivity contribution < 1.29 is 19.3 Å². The van der Waals surface area contributed by atoms with E-state index < -0.39 is 6.10 Å². The van der Waals surface area contributed by atoms with Crippen molar-refractivity contribution in [3.8, 4) is 17.2 Å². The number of ether oxygens (including phenoxy) is 3. The maximum atomic E-state index is 10.9. The molecule has 0 bridgehead atoms. The highest BCUT2D eigenvalue weighted by Crippen LogP contribution is 2.43. The van der Waals surface area contributed by atoms with E-state index in [4.69, 9.17) is 14.2 Å². The van der Waals surface area contributed by atoms with Crippen LogP contribution in [0.3, 0.4) is 0 Å². The van der Waals surface area contributed by atoms with E-state index >= 15 is 0 Å². The average Bonchev–Trinajstić information content (AvgIpc) is 2.85. The first-order valence-corrected chi connectivity index (χ1v) is 11.4. The first kappa shape index (κ1) is 22.4. The van der Waals surface area contributed by atoms with Gasteiger partial charge in [-0.25, -0.2) is 0 Å². The summed E-state index contributed by atoms with van der Waals surface area (Å²) in [4.78, 5) is 2.52. The molecule has 2 aromatic rings. The predicted octanol–water partition coefficient (Wildman–Crippen LogP) is 5.22. The van der Waals surface area contributed by atoms with Gasteiger partial charge in [0.15, 0.2) is 11.5 Å². The Hall–Kier alpha value is -2.76. The zero-order chi connectivity index (χ0) is 22.5. The van der Waals surface area contributed by atoms with Gasteiger partial charge in [0.05, 0.1) is 20.5 Å². The zero-order valence-electron chi connectivity index (χ0n) is 19.0. The molecule has 1 atom stereocenters. The number of piperidine rings is 1. The summed E-state index contributed by atoms with van der Waals surface area (Å²) in [6.45, 7) is 7.57. The van der Waals surface area contributed by atoms with Gasteiger partial charge in [0.25, 0.3) is 0 Å². The van der Waals surface area contributed by atoms with Crippen LogP contribution in [0.1, 0.15) is 42.9 Å². The molecule has 0 spiro atoms. The van der Waals surface area contributed by atoms with Gasteiger partial charge in [-0.1, -0.05) is 36.9 Å². The predicted molar refractivity (Wildman–Crippen MR) is 127 cm³/mol. The summed E-state index contributed by atoms with van der Waals surface area (Å²) in [7, 11) is 3.18. The van der Waals surface area contributed by atoms with Crippen LogP contribution in [-0.2, 0) is 0 Å². The molecule has 1 saturated heterocycles. The lowest BCUT2D eigenvalue weighted by molar-refractivity contribution is 0.183. The fraction of sp³-hybridized carbons (Fsp3) is 0.407. The van der Waals surface area contributed by atoms with Crippen molar-refractivity contribution in [3.05, 3.63) is 72.0 Å². The third kappa shape index (κ3) is 4.84. The standard InChI is InChI=1S/C27H33NO4/c1-19(20-8-5-4-6-9-20)21-11-14-28(15-12-21)13-7-10-22-18-32-24-17-26(31-3)25(30-2)16-23(24)27(22)29/h4-6,8-9,16-18,21,27,29H,1,7,10-15H2,2-3H3. The summed E-state index contributed by atoms with van der Waals surface area (Å²) < 4.78 is 16.5. The number of nitrogens with zero attached hydrogens (tertiary/aromatic N) is 1. The van der Waals surface area contributed by atoms with E-state index in [1.165, 1.54) is 11.1 Å². The van der Waals surface area contributed by atoms with E-state index in [1.807, 2.05) is 0 Å². The molecule has 0 aromatic heterocycles.